The van der Waals surface area contributed by atoms with E-state index in [1.54, 1.807) is 18.4 Å². The maximum Gasteiger partial charge on any atom is 0.119 e. The molecule has 16 heavy (non-hydrogen) atoms. The second-order valence-corrected chi connectivity index (χ2v) is 4.73. The Morgan fingerprint density at radius 2 is 2.06 bits per heavy atom. The van der Waals surface area contributed by atoms with Gasteiger partial charge in [-0.1, -0.05) is 12.1 Å². The zero-order valence-electron chi connectivity index (χ0n) is 9.44. The Bertz CT molecular complexity index is 463. The molecule has 2 N–H and O–H groups in total. The number of ether oxygens (including phenoxy) is 1. The van der Waals surface area contributed by atoms with Crippen LogP contribution in [0.1, 0.15) is 18.1 Å². The molecule has 2 rings (SSSR count). The Kier molecular flexibility index (Phi) is 2.99. The fourth-order valence-electron chi connectivity index (χ4n) is 1.67. The molecular weight excluding hydrogens is 218 g/mol. The lowest BCUT2D eigenvalue weighted by atomic mass is 9.87. The molecule has 2 aromatic rings. The first-order chi connectivity index (χ1) is 7.64. The highest BCUT2D eigenvalue weighted by atomic mass is 32.1. The predicted molar refractivity (Wildman–Crippen MR) is 68.0 cm³/mol. The first kappa shape index (κ1) is 11.2. The van der Waals surface area contributed by atoms with Gasteiger partial charge in [0.05, 0.1) is 12.6 Å². The van der Waals surface area contributed by atoms with Gasteiger partial charge < -0.3 is 10.5 Å². The molecule has 1 atom stereocenters. The average molecular weight is 233 g/mol. The van der Waals surface area contributed by atoms with Crippen molar-refractivity contribution in [2.45, 2.75) is 12.5 Å². The third-order valence-electron chi connectivity index (χ3n) is 2.79. The summed E-state index contributed by atoms with van der Waals surface area (Å²) in [5, 5.41) is 4.13. The quantitative estimate of drug-likeness (QED) is 0.884. The lowest BCUT2D eigenvalue weighted by molar-refractivity contribution is 0.413. The van der Waals surface area contributed by atoms with Gasteiger partial charge in [0.1, 0.15) is 5.75 Å². The first-order valence-corrected chi connectivity index (χ1v) is 6.05. The second kappa shape index (κ2) is 4.28. The van der Waals surface area contributed by atoms with Crippen LogP contribution in [0.15, 0.2) is 41.1 Å². The largest absolute Gasteiger partial charge is 0.497 e. The van der Waals surface area contributed by atoms with Crippen LogP contribution in [0.2, 0.25) is 0 Å². The summed E-state index contributed by atoms with van der Waals surface area (Å²) >= 11 is 1.66. The first-order valence-electron chi connectivity index (χ1n) is 5.10. The number of hydrogen-bond donors (Lipinski definition) is 1. The van der Waals surface area contributed by atoms with Crippen molar-refractivity contribution in [3.05, 3.63) is 52.2 Å². The summed E-state index contributed by atoms with van der Waals surface area (Å²) < 4.78 is 5.21. The van der Waals surface area contributed by atoms with E-state index >= 15 is 0 Å². The Labute approximate surface area is 99.7 Å². The standard InChI is InChI=1S/C13H15NOS/c1-13(14,11-6-7-16-9-11)10-4-3-5-12(8-10)15-2/h3-9H,14H2,1-2H3. The van der Waals surface area contributed by atoms with Crippen LogP contribution >= 0.6 is 11.3 Å². The van der Waals surface area contributed by atoms with E-state index in [4.69, 9.17) is 10.5 Å². The van der Waals surface area contributed by atoms with E-state index in [1.807, 2.05) is 36.6 Å². The SMILES string of the molecule is COc1cccc(C(C)(N)c2ccsc2)c1. The molecule has 0 radical (unpaired) electrons. The van der Waals surface area contributed by atoms with Crippen LogP contribution in [0.3, 0.4) is 0 Å². The van der Waals surface area contributed by atoms with Crippen molar-refractivity contribution >= 4 is 11.3 Å². The van der Waals surface area contributed by atoms with Crippen molar-refractivity contribution < 1.29 is 4.74 Å². The van der Waals surface area contributed by atoms with Gasteiger partial charge in [-0.05, 0) is 47.0 Å². The minimum atomic E-state index is -0.464. The molecule has 1 aromatic heterocycles. The molecule has 1 aromatic carbocycles. The van der Waals surface area contributed by atoms with Gasteiger partial charge in [-0.3, -0.25) is 0 Å². The monoisotopic (exact) mass is 233 g/mol. The van der Waals surface area contributed by atoms with Gasteiger partial charge in [0.15, 0.2) is 0 Å². The van der Waals surface area contributed by atoms with Gasteiger partial charge in [0.25, 0.3) is 0 Å². The second-order valence-electron chi connectivity index (χ2n) is 3.95. The number of thiophene rings is 1. The van der Waals surface area contributed by atoms with Crippen LogP contribution in [-0.4, -0.2) is 7.11 Å². The fraction of sp³-hybridized carbons (Fsp3) is 0.231. The molecule has 0 saturated heterocycles. The van der Waals surface area contributed by atoms with Crippen LogP contribution < -0.4 is 10.5 Å². The van der Waals surface area contributed by atoms with E-state index in [-0.39, 0.29) is 0 Å². The number of rotatable bonds is 3. The molecule has 1 unspecified atom stereocenters. The molecule has 0 fully saturated rings. The topological polar surface area (TPSA) is 35.2 Å². The van der Waals surface area contributed by atoms with E-state index in [9.17, 15) is 0 Å². The smallest absolute Gasteiger partial charge is 0.119 e. The molecule has 84 valence electrons. The average Bonchev–Trinajstić information content (AvgIpc) is 2.83. The van der Waals surface area contributed by atoms with Crippen molar-refractivity contribution in [1.82, 2.24) is 0 Å². The summed E-state index contributed by atoms with van der Waals surface area (Å²) in [5.41, 5.74) is 8.11. The lowest BCUT2D eigenvalue weighted by Gasteiger charge is -2.24. The number of benzene rings is 1. The normalized spacial score (nSPS) is 14.4. The van der Waals surface area contributed by atoms with Gasteiger partial charge in [0, 0.05) is 0 Å². The van der Waals surface area contributed by atoms with E-state index in [0.717, 1.165) is 16.9 Å². The fourth-order valence-corrected chi connectivity index (χ4v) is 2.45. The highest BCUT2D eigenvalue weighted by Gasteiger charge is 2.24. The number of methoxy groups -OCH3 is 1. The molecule has 0 bridgehead atoms. The Balaban J connectivity index is 2.42. The third kappa shape index (κ3) is 1.96. The van der Waals surface area contributed by atoms with E-state index in [0.29, 0.717) is 0 Å². The van der Waals surface area contributed by atoms with E-state index < -0.39 is 5.54 Å². The lowest BCUT2D eigenvalue weighted by Crippen LogP contribution is -2.33. The minimum Gasteiger partial charge on any atom is -0.497 e. The molecule has 0 saturated carbocycles. The van der Waals surface area contributed by atoms with Gasteiger partial charge in [-0.25, -0.2) is 0 Å². The van der Waals surface area contributed by atoms with Gasteiger partial charge >= 0.3 is 0 Å². The van der Waals surface area contributed by atoms with Crippen LogP contribution in [0.5, 0.6) is 5.75 Å². The summed E-state index contributed by atoms with van der Waals surface area (Å²) in [6.45, 7) is 2.02. The molecular formula is C13H15NOS. The minimum absolute atomic E-state index is 0.464. The van der Waals surface area contributed by atoms with Crippen molar-refractivity contribution in [1.29, 1.82) is 0 Å². The molecule has 3 heteroatoms. The summed E-state index contributed by atoms with van der Waals surface area (Å²) in [6.07, 6.45) is 0. The molecule has 1 heterocycles. The van der Waals surface area contributed by atoms with Crippen molar-refractivity contribution in [3.8, 4) is 5.75 Å². The van der Waals surface area contributed by atoms with Crippen molar-refractivity contribution in [2.24, 2.45) is 5.73 Å². The van der Waals surface area contributed by atoms with Crippen LogP contribution in [0, 0.1) is 0 Å². The van der Waals surface area contributed by atoms with E-state index in [2.05, 4.69) is 11.4 Å². The molecule has 2 nitrogen and oxygen atoms in total. The highest BCUT2D eigenvalue weighted by molar-refractivity contribution is 7.08. The Morgan fingerprint density at radius 1 is 1.25 bits per heavy atom. The van der Waals surface area contributed by atoms with Crippen molar-refractivity contribution in [2.75, 3.05) is 7.11 Å². The summed E-state index contributed by atoms with van der Waals surface area (Å²) in [4.78, 5) is 0. The molecule has 0 aliphatic rings. The van der Waals surface area contributed by atoms with Crippen LogP contribution in [-0.2, 0) is 5.54 Å². The molecule has 0 spiro atoms. The van der Waals surface area contributed by atoms with E-state index in [1.165, 1.54) is 0 Å². The molecule has 0 aliphatic carbocycles. The summed E-state index contributed by atoms with van der Waals surface area (Å²) in [5.74, 6) is 0.837. The third-order valence-corrected chi connectivity index (χ3v) is 3.47. The maximum absolute atomic E-state index is 6.38. The highest BCUT2D eigenvalue weighted by Crippen LogP contribution is 2.29. The predicted octanol–water partition coefficient (Wildman–Crippen LogP) is 2.98. The van der Waals surface area contributed by atoms with Crippen LogP contribution in [0.25, 0.3) is 0 Å². The summed E-state index contributed by atoms with van der Waals surface area (Å²) in [7, 11) is 1.66. The Hall–Kier alpha value is -1.32. The Morgan fingerprint density at radius 3 is 2.69 bits per heavy atom. The molecule has 0 aliphatic heterocycles. The number of hydrogen-bond acceptors (Lipinski definition) is 3. The molecule has 0 amide bonds. The van der Waals surface area contributed by atoms with Crippen molar-refractivity contribution in [3.63, 3.8) is 0 Å². The van der Waals surface area contributed by atoms with Crippen LogP contribution in [0.4, 0.5) is 0 Å². The van der Waals surface area contributed by atoms with Gasteiger partial charge in [-0.2, -0.15) is 11.3 Å². The summed E-state index contributed by atoms with van der Waals surface area (Å²) in [6, 6.07) is 9.96. The zero-order chi connectivity index (χ0) is 11.6. The van der Waals surface area contributed by atoms with Gasteiger partial charge in [0.2, 0.25) is 0 Å². The zero-order valence-corrected chi connectivity index (χ0v) is 10.3. The number of nitrogens with two attached hydrogens (primary N) is 1. The van der Waals surface area contributed by atoms with Gasteiger partial charge in [-0.15, -0.1) is 0 Å². The maximum atomic E-state index is 6.38.